The van der Waals surface area contributed by atoms with E-state index in [2.05, 4.69) is 0 Å². The minimum atomic E-state index is -5.17. The molecule has 1 amide bonds. The van der Waals surface area contributed by atoms with Crippen molar-refractivity contribution < 1.29 is 32.6 Å². The van der Waals surface area contributed by atoms with Crippen LogP contribution in [0.15, 0.2) is 18.2 Å². The highest BCUT2D eigenvalue weighted by Gasteiger charge is 2.58. The lowest BCUT2D eigenvalue weighted by molar-refractivity contribution is -0.203. The second-order valence-electron chi connectivity index (χ2n) is 4.34. The fourth-order valence-electron chi connectivity index (χ4n) is 1.41. The largest absolute Gasteiger partial charge is 0.497 e. The molecule has 0 bridgehead atoms. The molecule has 1 unspecified atom stereocenters. The Morgan fingerprint density at radius 2 is 1.90 bits per heavy atom. The van der Waals surface area contributed by atoms with Gasteiger partial charge in [-0.3, -0.25) is 4.79 Å². The van der Waals surface area contributed by atoms with Gasteiger partial charge in [-0.1, -0.05) is 0 Å². The van der Waals surface area contributed by atoms with E-state index in [1.165, 1.54) is 24.6 Å². The molecule has 0 spiro atoms. The summed E-state index contributed by atoms with van der Waals surface area (Å²) in [4.78, 5) is 22.7. The zero-order chi connectivity index (χ0) is 16.4. The first-order chi connectivity index (χ1) is 9.52. The third kappa shape index (κ3) is 3.18. The number of benzene rings is 1. The van der Waals surface area contributed by atoms with Crippen molar-refractivity contribution in [2.24, 2.45) is 0 Å². The molecule has 1 aromatic carbocycles. The summed E-state index contributed by atoms with van der Waals surface area (Å²) < 4.78 is 43.2. The number of rotatable bonds is 4. The number of hydrogen-bond donors (Lipinski definition) is 3. The van der Waals surface area contributed by atoms with Crippen LogP contribution in [0.25, 0.3) is 0 Å². The van der Waals surface area contributed by atoms with E-state index < -0.39 is 23.6 Å². The number of nitrogen functional groups attached to an aromatic ring is 1. The van der Waals surface area contributed by atoms with Crippen LogP contribution in [0.1, 0.15) is 17.3 Å². The Morgan fingerprint density at radius 3 is 2.29 bits per heavy atom. The first-order valence-electron chi connectivity index (χ1n) is 5.59. The summed E-state index contributed by atoms with van der Waals surface area (Å²) in [6.45, 7) is 0.354. The molecule has 6 nitrogen and oxygen atoms in total. The van der Waals surface area contributed by atoms with Gasteiger partial charge in [-0.05, 0) is 19.1 Å². The molecule has 1 aromatic rings. The molecule has 0 saturated heterocycles. The Bertz CT molecular complexity index is 574. The highest BCUT2D eigenvalue weighted by Crippen LogP contribution is 2.31. The van der Waals surface area contributed by atoms with Crippen LogP contribution >= 0.6 is 0 Å². The minimum Gasteiger partial charge on any atom is -0.497 e. The number of carboxylic acid groups (broad SMARTS) is 1. The van der Waals surface area contributed by atoms with Crippen LogP contribution in [0.4, 0.5) is 18.9 Å². The smallest absolute Gasteiger partial charge is 0.422 e. The average molecular weight is 306 g/mol. The van der Waals surface area contributed by atoms with E-state index in [9.17, 15) is 22.8 Å². The number of nitrogens with one attached hydrogen (secondary N) is 1. The van der Waals surface area contributed by atoms with Gasteiger partial charge in [0.15, 0.2) is 0 Å². The minimum absolute atomic E-state index is 0.137. The van der Waals surface area contributed by atoms with E-state index in [0.717, 1.165) is 6.07 Å². The quantitative estimate of drug-likeness (QED) is 0.730. The van der Waals surface area contributed by atoms with E-state index in [1.807, 2.05) is 0 Å². The van der Waals surface area contributed by atoms with Gasteiger partial charge >= 0.3 is 12.1 Å². The number of hydrogen-bond acceptors (Lipinski definition) is 4. The molecule has 0 heterocycles. The molecular weight excluding hydrogens is 293 g/mol. The lowest BCUT2D eigenvalue weighted by Gasteiger charge is -2.28. The third-order valence-electron chi connectivity index (χ3n) is 2.86. The first kappa shape index (κ1) is 16.6. The maximum absolute atomic E-state index is 12.8. The molecule has 9 heteroatoms. The predicted octanol–water partition coefficient (Wildman–Crippen LogP) is 1.41. The summed E-state index contributed by atoms with van der Waals surface area (Å²) in [5, 5.41) is 10.2. The van der Waals surface area contributed by atoms with E-state index in [1.54, 1.807) is 0 Å². The lowest BCUT2D eigenvalue weighted by atomic mass is 10.0. The van der Waals surface area contributed by atoms with Gasteiger partial charge < -0.3 is 20.9 Å². The molecule has 0 radical (unpaired) electrons. The van der Waals surface area contributed by atoms with Crippen molar-refractivity contribution in [3.63, 3.8) is 0 Å². The molecule has 0 aliphatic rings. The van der Waals surface area contributed by atoms with Crippen molar-refractivity contribution in [3.8, 4) is 5.75 Å². The van der Waals surface area contributed by atoms with Crippen molar-refractivity contribution in [1.29, 1.82) is 0 Å². The van der Waals surface area contributed by atoms with Crippen molar-refractivity contribution in [3.05, 3.63) is 23.8 Å². The maximum Gasteiger partial charge on any atom is 0.422 e. The molecule has 0 aliphatic carbocycles. The summed E-state index contributed by atoms with van der Waals surface area (Å²) in [6.07, 6.45) is -5.17. The van der Waals surface area contributed by atoms with Crippen molar-refractivity contribution in [1.82, 2.24) is 5.32 Å². The van der Waals surface area contributed by atoms with Crippen LogP contribution in [0.5, 0.6) is 5.75 Å². The van der Waals surface area contributed by atoms with Crippen LogP contribution in [-0.2, 0) is 4.79 Å². The van der Waals surface area contributed by atoms with Crippen LogP contribution in [-0.4, -0.2) is 35.8 Å². The Labute approximate surface area is 117 Å². The van der Waals surface area contributed by atoms with Crippen molar-refractivity contribution in [2.45, 2.75) is 18.6 Å². The van der Waals surface area contributed by atoms with Gasteiger partial charge in [0.05, 0.1) is 12.7 Å². The number of alkyl halides is 3. The van der Waals surface area contributed by atoms with Crippen molar-refractivity contribution in [2.75, 3.05) is 12.8 Å². The number of aliphatic carboxylic acids is 1. The predicted molar refractivity (Wildman–Crippen MR) is 67.0 cm³/mol. The Morgan fingerprint density at radius 1 is 1.33 bits per heavy atom. The highest BCUT2D eigenvalue weighted by molar-refractivity contribution is 6.02. The molecule has 1 atom stereocenters. The number of methoxy groups -OCH3 is 1. The lowest BCUT2D eigenvalue weighted by Crippen LogP contribution is -2.61. The molecule has 1 rings (SSSR count). The highest BCUT2D eigenvalue weighted by atomic mass is 19.4. The molecule has 0 saturated carbocycles. The Kier molecular flexibility index (Phi) is 4.35. The molecule has 0 aliphatic heterocycles. The zero-order valence-corrected chi connectivity index (χ0v) is 11.1. The van der Waals surface area contributed by atoms with Crippen molar-refractivity contribution >= 4 is 17.6 Å². The summed E-state index contributed by atoms with van der Waals surface area (Å²) in [7, 11) is 1.35. The Hall–Kier alpha value is -2.45. The monoisotopic (exact) mass is 306 g/mol. The summed E-state index contributed by atoms with van der Waals surface area (Å²) in [5.41, 5.74) is 1.69. The summed E-state index contributed by atoms with van der Waals surface area (Å²) in [6, 6.07) is 3.69. The van der Waals surface area contributed by atoms with Crippen LogP contribution in [0.2, 0.25) is 0 Å². The van der Waals surface area contributed by atoms with Gasteiger partial charge in [-0.25, -0.2) is 4.79 Å². The van der Waals surface area contributed by atoms with Gasteiger partial charge in [0.25, 0.3) is 5.91 Å². The fourth-order valence-corrected chi connectivity index (χ4v) is 1.41. The van der Waals surface area contributed by atoms with E-state index >= 15 is 0 Å². The van der Waals surface area contributed by atoms with Gasteiger partial charge in [-0.2, -0.15) is 13.2 Å². The first-order valence-corrected chi connectivity index (χ1v) is 5.59. The normalized spacial score (nSPS) is 14.1. The number of ether oxygens (including phenoxy) is 1. The molecule has 116 valence electrons. The SMILES string of the molecule is COc1ccc(C(=O)NC(C)(C(=O)O)C(F)(F)F)c(N)c1. The number of nitrogens with two attached hydrogens (primary N) is 1. The second-order valence-corrected chi connectivity index (χ2v) is 4.34. The standard InChI is InChI=1S/C12H13F3N2O4/c1-11(10(19)20,12(13,14)15)17-9(18)7-4-3-6(21-2)5-8(7)16/h3-5H,16H2,1-2H3,(H,17,18)(H,19,20). The third-order valence-corrected chi connectivity index (χ3v) is 2.86. The van der Waals surface area contributed by atoms with Gasteiger partial charge in [0, 0.05) is 11.8 Å². The molecule has 21 heavy (non-hydrogen) atoms. The topological polar surface area (TPSA) is 102 Å². The van der Waals surface area contributed by atoms with Crippen LogP contribution in [0, 0.1) is 0 Å². The fraction of sp³-hybridized carbons (Fsp3) is 0.333. The number of anilines is 1. The van der Waals surface area contributed by atoms with E-state index in [4.69, 9.17) is 15.6 Å². The Balaban J connectivity index is 3.12. The molecule has 0 fully saturated rings. The summed E-state index contributed by atoms with van der Waals surface area (Å²) >= 11 is 0. The maximum atomic E-state index is 12.8. The van der Waals surface area contributed by atoms with Crippen LogP contribution in [0.3, 0.4) is 0 Å². The number of amides is 1. The van der Waals surface area contributed by atoms with Gasteiger partial charge in [0.1, 0.15) is 5.75 Å². The molecular formula is C12H13F3N2O4. The van der Waals surface area contributed by atoms with Gasteiger partial charge in [0.2, 0.25) is 5.54 Å². The average Bonchev–Trinajstić information content (AvgIpc) is 2.36. The number of carboxylic acids is 1. The van der Waals surface area contributed by atoms with E-state index in [-0.39, 0.29) is 11.3 Å². The molecule has 0 aromatic heterocycles. The van der Waals surface area contributed by atoms with Gasteiger partial charge in [-0.15, -0.1) is 0 Å². The molecule has 4 N–H and O–H groups in total. The van der Waals surface area contributed by atoms with Crippen LogP contribution < -0.4 is 15.8 Å². The number of carbonyl (C=O) groups excluding carboxylic acids is 1. The number of carbonyl (C=O) groups is 2. The summed E-state index contributed by atoms with van der Waals surface area (Å²) in [5.74, 6) is -3.17. The van der Waals surface area contributed by atoms with E-state index in [0.29, 0.717) is 12.7 Å². The second kappa shape index (κ2) is 5.51. The number of halogens is 3. The zero-order valence-electron chi connectivity index (χ0n) is 11.1.